The largest absolute Gasteiger partial charge is 0.368 e. The molecule has 1 aliphatic heterocycles. The Morgan fingerprint density at radius 2 is 2.00 bits per heavy atom. The minimum Gasteiger partial charge on any atom is -0.368 e. The zero-order valence-electron chi connectivity index (χ0n) is 12.8. The number of amides is 1. The number of rotatable bonds is 4. The second kappa shape index (κ2) is 6.06. The number of benzene rings is 1. The van der Waals surface area contributed by atoms with Crippen LogP contribution >= 0.6 is 0 Å². The molecule has 1 saturated heterocycles. The van der Waals surface area contributed by atoms with Gasteiger partial charge in [-0.05, 0) is 43.4 Å². The molecule has 1 aromatic rings. The smallest absolute Gasteiger partial charge is 0.224 e. The van der Waals surface area contributed by atoms with Gasteiger partial charge in [-0.15, -0.1) is 0 Å². The highest BCUT2D eigenvalue weighted by Crippen LogP contribution is 2.33. The maximum absolute atomic E-state index is 12.3. The van der Waals surface area contributed by atoms with Gasteiger partial charge in [-0.25, -0.2) is 0 Å². The highest BCUT2D eigenvalue weighted by Gasteiger charge is 2.31. The van der Waals surface area contributed by atoms with E-state index in [0.717, 1.165) is 26.2 Å². The van der Waals surface area contributed by atoms with Gasteiger partial charge in [-0.3, -0.25) is 4.79 Å². The zero-order chi connectivity index (χ0) is 14.8. The summed E-state index contributed by atoms with van der Waals surface area (Å²) in [5, 5.41) is 0. The van der Waals surface area contributed by atoms with Gasteiger partial charge in [0.15, 0.2) is 0 Å². The molecule has 1 aromatic carbocycles. The molecule has 4 nitrogen and oxygen atoms in total. The van der Waals surface area contributed by atoms with Crippen LogP contribution in [-0.2, 0) is 4.79 Å². The molecule has 3 rings (SSSR count). The lowest BCUT2D eigenvalue weighted by molar-refractivity contribution is -0.131. The zero-order valence-corrected chi connectivity index (χ0v) is 12.8. The fourth-order valence-electron chi connectivity index (χ4n) is 3.06. The predicted molar refractivity (Wildman–Crippen MR) is 85.3 cm³/mol. The van der Waals surface area contributed by atoms with E-state index in [1.165, 1.54) is 24.1 Å². The van der Waals surface area contributed by atoms with Gasteiger partial charge < -0.3 is 15.5 Å². The number of carbonyl (C=O) groups is 1. The number of aryl methyl sites for hydroxylation is 1. The molecule has 0 aromatic heterocycles. The molecule has 1 unspecified atom stereocenters. The second-order valence-corrected chi connectivity index (χ2v) is 6.41. The molecule has 0 radical (unpaired) electrons. The highest BCUT2D eigenvalue weighted by atomic mass is 16.2. The Balaban J connectivity index is 1.51. The molecule has 1 amide bonds. The van der Waals surface area contributed by atoms with Crippen molar-refractivity contribution in [3.05, 3.63) is 29.8 Å². The molecule has 4 heteroatoms. The molecular weight excluding hydrogens is 262 g/mol. The summed E-state index contributed by atoms with van der Waals surface area (Å²) < 4.78 is 0. The number of piperazine rings is 1. The molecule has 0 spiro atoms. The van der Waals surface area contributed by atoms with Gasteiger partial charge in [0.1, 0.15) is 0 Å². The molecular formula is C17H25N3O. The lowest BCUT2D eigenvalue weighted by Gasteiger charge is -2.36. The SMILES string of the molecule is Cc1cccc(N2CCN(C(=O)CC(N)C3CC3)CC2)c1. The topological polar surface area (TPSA) is 49.6 Å². The highest BCUT2D eigenvalue weighted by molar-refractivity contribution is 5.77. The third-order valence-corrected chi connectivity index (χ3v) is 4.64. The molecule has 114 valence electrons. The van der Waals surface area contributed by atoms with Gasteiger partial charge in [-0.2, -0.15) is 0 Å². The lowest BCUT2D eigenvalue weighted by atomic mass is 10.1. The van der Waals surface area contributed by atoms with Crippen molar-refractivity contribution in [2.45, 2.75) is 32.2 Å². The van der Waals surface area contributed by atoms with Crippen molar-refractivity contribution in [2.75, 3.05) is 31.1 Å². The summed E-state index contributed by atoms with van der Waals surface area (Å²) in [7, 11) is 0. The van der Waals surface area contributed by atoms with Gasteiger partial charge >= 0.3 is 0 Å². The molecule has 2 N–H and O–H groups in total. The molecule has 1 atom stereocenters. The average molecular weight is 287 g/mol. The first-order valence-corrected chi connectivity index (χ1v) is 7.98. The summed E-state index contributed by atoms with van der Waals surface area (Å²) >= 11 is 0. The Morgan fingerprint density at radius 3 is 2.62 bits per heavy atom. The quantitative estimate of drug-likeness (QED) is 0.918. The third kappa shape index (κ3) is 3.56. The van der Waals surface area contributed by atoms with Crippen molar-refractivity contribution < 1.29 is 4.79 Å². The van der Waals surface area contributed by atoms with E-state index >= 15 is 0 Å². The van der Waals surface area contributed by atoms with Gasteiger partial charge in [0.05, 0.1) is 0 Å². The summed E-state index contributed by atoms with van der Waals surface area (Å²) in [6.45, 7) is 5.55. The number of hydrogen-bond acceptors (Lipinski definition) is 3. The minimum absolute atomic E-state index is 0.0762. The standard InChI is InChI=1S/C17H25N3O/c1-13-3-2-4-15(11-13)19-7-9-20(10-8-19)17(21)12-16(18)14-5-6-14/h2-4,11,14,16H,5-10,12,18H2,1H3. The summed E-state index contributed by atoms with van der Waals surface area (Å²) in [6, 6.07) is 8.64. The summed E-state index contributed by atoms with van der Waals surface area (Å²) in [5.41, 5.74) is 8.60. The number of anilines is 1. The Bertz CT molecular complexity index is 505. The van der Waals surface area contributed by atoms with Crippen molar-refractivity contribution in [1.29, 1.82) is 0 Å². The molecule has 1 saturated carbocycles. The van der Waals surface area contributed by atoms with Crippen LogP contribution in [0.1, 0.15) is 24.8 Å². The fourth-order valence-corrected chi connectivity index (χ4v) is 3.06. The van der Waals surface area contributed by atoms with Crippen LogP contribution in [0.4, 0.5) is 5.69 Å². The van der Waals surface area contributed by atoms with Crippen molar-refractivity contribution in [3.8, 4) is 0 Å². The lowest BCUT2D eigenvalue weighted by Crippen LogP contribution is -2.49. The van der Waals surface area contributed by atoms with E-state index in [2.05, 4.69) is 36.1 Å². The van der Waals surface area contributed by atoms with Crippen molar-refractivity contribution in [1.82, 2.24) is 4.90 Å². The average Bonchev–Trinajstić information content (AvgIpc) is 3.32. The number of nitrogens with two attached hydrogens (primary N) is 1. The van der Waals surface area contributed by atoms with Gasteiger partial charge in [-0.1, -0.05) is 12.1 Å². The molecule has 1 heterocycles. The first kappa shape index (κ1) is 14.4. The molecule has 2 aliphatic rings. The maximum atomic E-state index is 12.3. The van der Waals surface area contributed by atoms with E-state index in [9.17, 15) is 4.79 Å². The van der Waals surface area contributed by atoms with Crippen LogP contribution in [-0.4, -0.2) is 43.0 Å². The summed E-state index contributed by atoms with van der Waals surface area (Å²) in [5.74, 6) is 0.834. The van der Waals surface area contributed by atoms with Crippen molar-refractivity contribution in [3.63, 3.8) is 0 Å². The Hall–Kier alpha value is -1.55. The monoisotopic (exact) mass is 287 g/mol. The van der Waals surface area contributed by atoms with Gasteiger partial charge in [0, 0.05) is 44.3 Å². The minimum atomic E-state index is 0.0762. The normalized spacial score (nSPS) is 20.5. The van der Waals surface area contributed by atoms with Crippen LogP contribution in [0.25, 0.3) is 0 Å². The number of hydrogen-bond donors (Lipinski definition) is 1. The van der Waals surface area contributed by atoms with E-state index in [0.29, 0.717) is 12.3 Å². The van der Waals surface area contributed by atoms with Crippen LogP contribution in [0.15, 0.2) is 24.3 Å². The van der Waals surface area contributed by atoms with Gasteiger partial charge in [0.25, 0.3) is 0 Å². The third-order valence-electron chi connectivity index (χ3n) is 4.64. The fraction of sp³-hybridized carbons (Fsp3) is 0.588. The summed E-state index contributed by atoms with van der Waals surface area (Å²) in [4.78, 5) is 16.6. The summed E-state index contributed by atoms with van der Waals surface area (Å²) in [6.07, 6.45) is 2.93. The van der Waals surface area contributed by atoms with Crippen LogP contribution < -0.4 is 10.6 Å². The molecule has 0 bridgehead atoms. The Morgan fingerprint density at radius 1 is 1.29 bits per heavy atom. The van der Waals surface area contributed by atoms with Crippen LogP contribution in [0.3, 0.4) is 0 Å². The molecule has 21 heavy (non-hydrogen) atoms. The Labute approximate surface area is 126 Å². The van der Waals surface area contributed by atoms with Gasteiger partial charge in [0.2, 0.25) is 5.91 Å². The van der Waals surface area contributed by atoms with Crippen LogP contribution in [0.2, 0.25) is 0 Å². The van der Waals surface area contributed by atoms with E-state index in [1.54, 1.807) is 0 Å². The van der Waals surface area contributed by atoms with Crippen LogP contribution in [0.5, 0.6) is 0 Å². The molecule has 2 fully saturated rings. The molecule has 1 aliphatic carbocycles. The van der Waals surface area contributed by atoms with E-state index in [-0.39, 0.29) is 11.9 Å². The number of carbonyl (C=O) groups excluding carboxylic acids is 1. The van der Waals surface area contributed by atoms with Crippen LogP contribution in [0, 0.1) is 12.8 Å². The first-order valence-electron chi connectivity index (χ1n) is 7.98. The van der Waals surface area contributed by atoms with Crippen molar-refractivity contribution in [2.24, 2.45) is 11.7 Å². The first-order chi connectivity index (χ1) is 10.1. The van der Waals surface area contributed by atoms with E-state index in [4.69, 9.17) is 5.73 Å². The second-order valence-electron chi connectivity index (χ2n) is 6.41. The van der Waals surface area contributed by atoms with E-state index < -0.39 is 0 Å². The Kier molecular flexibility index (Phi) is 4.15. The predicted octanol–water partition coefficient (Wildman–Crippen LogP) is 1.77. The maximum Gasteiger partial charge on any atom is 0.224 e. The van der Waals surface area contributed by atoms with E-state index in [1.807, 2.05) is 4.90 Å². The van der Waals surface area contributed by atoms with Crippen molar-refractivity contribution >= 4 is 11.6 Å². The number of nitrogens with zero attached hydrogens (tertiary/aromatic N) is 2.